The monoisotopic (exact) mass is 204 g/mol. The van der Waals surface area contributed by atoms with Crippen LogP contribution in [-0.2, 0) is 6.42 Å². The first kappa shape index (κ1) is 11.6. The normalized spacial score (nSPS) is 10.9. The average molecular weight is 204 g/mol. The molecule has 0 N–H and O–H groups in total. The maximum atomic E-state index is 11.7. The van der Waals surface area contributed by atoms with Gasteiger partial charge in [-0.15, -0.1) is 0 Å². The molecular weight excluding hydrogens is 188 g/mol. The summed E-state index contributed by atoms with van der Waals surface area (Å²) in [6.07, 6.45) is 4.77. The summed E-state index contributed by atoms with van der Waals surface area (Å²) in [6.45, 7) is 3.90. The molecule has 0 unspecified atom stereocenters. The molecule has 0 aliphatic heterocycles. The molecule has 1 heterocycles. The number of ketones is 1. The minimum atomic E-state index is 0.0696. The van der Waals surface area contributed by atoms with Crippen molar-refractivity contribution in [2.75, 3.05) is 7.05 Å². The van der Waals surface area contributed by atoms with Crippen LogP contribution in [0.25, 0.3) is 0 Å². The van der Waals surface area contributed by atoms with Crippen LogP contribution in [0.1, 0.15) is 41.9 Å². The van der Waals surface area contributed by atoms with E-state index in [0.29, 0.717) is 12.1 Å². The van der Waals surface area contributed by atoms with E-state index < -0.39 is 0 Å². The number of aromatic nitrogens is 1. The van der Waals surface area contributed by atoms with E-state index in [9.17, 15) is 4.79 Å². The van der Waals surface area contributed by atoms with Gasteiger partial charge < -0.3 is 0 Å². The molecule has 0 spiro atoms. The van der Waals surface area contributed by atoms with Crippen LogP contribution in [0.2, 0.25) is 0 Å². The Bertz CT molecular complexity index is 383. The quantitative estimate of drug-likeness (QED) is 0.557. The highest BCUT2D eigenvalue weighted by atomic mass is 16.1. The van der Waals surface area contributed by atoms with Crippen molar-refractivity contribution in [3.8, 4) is 0 Å². The average Bonchev–Trinajstić information content (AvgIpc) is 2.28. The van der Waals surface area contributed by atoms with Gasteiger partial charge in [0.05, 0.1) is 0 Å². The molecule has 15 heavy (non-hydrogen) atoms. The zero-order chi connectivity index (χ0) is 11.3. The van der Waals surface area contributed by atoms with E-state index in [1.54, 1.807) is 19.5 Å². The molecule has 0 fully saturated rings. The number of aliphatic imine (C=N–C) groups is 1. The summed E-state index contributed by atoms with van der Waals surface area (Å²) in [5, 5.41) is 0. The summed E-state index contributed by atoms with van der Waals surface area (Å²) in [7, 11) is 1.70. The van der Waals surface area contributed by atoms with Crippen molar-refractivity contribution in [1.29, 1.82) is 0 Å². The summed E-state index contributed by atoms with van der Waals surface area (Å²) < 4.78 is 0. The summed E-state index contributed by atoms with van der Waals surface area (Å²) >= 11 is 0. The lowest BCUT2D eigenvalue weighted by Crippen LogP contribution is -2.08. The first-order valence-electron chi connectivity index (χ1n) is 5.17. The summed E-state index contributed by atoms with van der Waals surface area (Å²) in [4.78, 5) is 19.8. The number of Topliss-reactive ketones (excluding diaryl/α,β-unsaturated/α-hetero) is 1. The minimum Gasteiger partial charge on any atom is -0.296 e. The molecule has 0 saturated carbocycles. The molecule has 0 aromatic carbocycles. The summed E-state index contributed by atoms with van der Waals surface area (Å²) in [5.41, 5.74) is 2.53. The van der Waals surface area contributed by atoms with Crippen molar-refractivity contribution in [2.45, 2.75) is 26.7 Å². The number of hydrogen-bond donors (Lipinski definition) is 0. The molecule has 1 rings (SSSR count). The Balaban J connectivity index is 3.31. The van der Waals surface area contributed by atoms with E-state index >= 15 is 0 Å². The maximum absolute atomic E-state index is 11.7. The Morgan fingerprint density at radius 3 is 2.80 bits per heavy atom. The second-order valence-electron chi connectivity index (χ2n) is 3.25. The molecule has 1 aromatic heterocycles. The van der Waals surface area contributed by atoms with E-state index in [4.69, 9.17) is 0 Å². The van der Waals surface area contributed by atoms with Crippen LogP contribution in [0.5, 0.6) is 0 Å². The number of pyridine rings is 1. The van der Waals surface area contributed by atoms with Gasteiger partial charge in [0.2, 0.25) is 0 Å². The second-order valence-corrected chi connectivity index (χ2v) is 3.25. The topological polar surface area (TPSA) is 42.3 Å². The van der Waals surface area contributed by atoms with E-state index in [1.165, 1.54) is 0 Å². The lowest BCUT2D eigenvalue weighted by Gasteiger charge is -2.07. The molecule has 1 aromatic rings. The van der Waals surface area contributed by atoms with Gasteiger partial charge in [0.1, 0.15) is 5.69 Å². The summed E-state index contributed by atoms with van der Waals surface area (Å²) in [5.74, 6) is 0.0696. The fourth-order valence-electron chi connectivity index (χ4n) is 1.48. The van der Waals surface area contributed by atoms with Crippen LogP contribution in [0.3, 0.4) is 0 Å². The number of hydrogen-bond acceptors (Lipinski definition) is 3. The Morgan fingerprint density at radius 2 is 2.27 bits per heavy atom. The van der Waals surface area contributed by atoms with Crippen LogP contribution < -0.4 is 0 Å². The Kier molecular flexibility index (Phi) is 4.16. The molecular formula is C12H16N2O. The van der Waals surface area contributed by atoms with Crippen LogP contribution in [0, 0.1) is 0 Å². The van der Waals surface area contributed by atoms with Crippen molar-refractivity contribution in [3.63, 3.8) is 0 Å². The predicted octanol–water partition coefficient (Wildman–Crippen LogP) is 2.29. The standard InChI is InChI=1S/C12H16N2O/c1-4-9-6-7-14-12(11(15)5-2)10(9)8-13-3/h6-8H,4-5H2,1-3H3. The van der Waals surface area contributed by atoms with Crippen molar-refractivity contribution >= 4 is 12.0 Å². The van der Waals surface area contributed by atoms with Crippen LogP contribution >= 0.6 is 0 Å². The molecule has 3 nitrogen and oxygen atoms in total. The largest absolute Gasteiger partial charge is 0.296 e. The predicted molar refractivity (Wildman–Crippen MR) is 61.8 cm³/mol. The Hall–Kier alpha value is -1.51. The third-order valence-corrected chi connectivity index (χ3v) is 2.30. The van der Waals surface area contributed by atoms with Gasteiger partial charge in [-0.05, 0) is 18.1 Å². The molecule has 0 amide bonds. The number of nitrogens with zero attached hydrogens (tertiary/aromatic N) is 2. The van der Waals surface area contributed by atoms with Gasteiger partial charge in [-0.3, -0.25) is 14.8 Å². The molecule has 0 bridgehead atoms. The molecule has 0 radical (unpaired) electrons. The fraction of sp³-hybridized carbons (Fsp3) is 0.417. The van der Waals surface area contributed by atoms with E-state index in [2.05, 4.69) is 16.9 Å². The van der Waals surface area contributed by atoms with Crippen LogP contribution in [0.15, 0.2) is 17.3 Å². The first-order chi connectivity index (χ1) is 7.24. The zero-order valence-corrected chi connectivity index (χ0v) is 9.45. The fourth-order valence-corrected chi connectivity index (χ4v) is 1.48. The van der Waals surface area contributed by atoms with Gasteiger partial charge in [0.25, 0.3) is 0 Å². The highest BCUT2D eigenvalue weighted by molar-refractivity contribution is 6.02. The van der Waals surface area contributed by atoms with Crippen molar-refractivity contribution < 1.29 is 4.79 Å². The maximum Gasteiger partial charge on any atom is 0.181 e. The molecule has 0 aliphatic rings. The first-order valence-corrected chi connectivity index (χ1v) is 5.17. The second kappa shape index (κ2) is 5.39. The highest BCUT2D eigenvalue weighted by Crippen LogP contribution is 2.13. The van der Waals surface area contributed by atoms with Gasteiger partial charge in [-0.2, -0.15) is 0 Å². The third kappa shape index (κ3) is 2.49. The number of aryl methyl sites for hydroxylation is 1. The Labute approximate surface area is 90.3 Å². The highest BCUT2D eigenvalue weighted by Gasteiger charge is 2.12. The summed E-state index contributed by atoms with van der Waals surface area (Å²) in [6, 6.07) is 1.93. The van der Waals surface area contributed by atoms with Crippen molar-refractivity contribution in [1.82, 2.24) is 4.98 Å². The lowest BCUT2D eigenvalue weighted by molar-refractivity contribution is 0.0983. The minimum absolute atomic E-state index is 0.0696. The van der Waals surface area contributed by atoms with Crippen molar-refractivity contribution in [2.24, 2.45) is 4.99 Å². The zero-order valence-electron chi connectivity index (χ0n) is 9.45. The van der Waals surface area contributed by atoms with E-state index in [1.807, 2.05) is 13.0 Å². The number of rotatable bonds is 4. The van der Waals surface area contributed by atoms with Gasteiger partial charge in [-0.25, -0.2) is 0 Å². The lowest BCUT2D eigenvalue weighted by atomic mass is 10.0. The third-order valence-electron chi connectivity index (χ3n) is 2.30. The van der Waals surface area contributed by atoms with Gasteiger partial charge in [0, 0.05) is 31.4 Å². The molecule has 0 atom stereocenters. The number of carbonyl (C=O) groups is 1. The molecule has 0 saturated heterocycles. The van der Waals surface area contributed by atoms with E-state index in [0.717, 1.165) is 17.5 Å². The van der Waals surface area contributed by atoms with Crippen molar-refractivity contribution in [3.05, 3.63) is 29.1 Å². The Morgan fingerprint density at radius 1 is 1.53 bits per heavy atom. The van der Waals surface area contributed by atoms with Crippen LogP contribution in [0.4, 0.5) is 0 Å². The van der Waals surface area contributed by atoms with Crippen LogP contribution in [-0.4, -0.2) is 24.0 Å². The number of carbonyl (C=O) groups excluding carboxylic acids is 1. The van der Waals surface area contributed by atoms with Gasteiger partial charge in [0.15, 0.2) is 5.78 Å². The molecule has 3 heteroatoms. The SMILES string of the molecule is CCC(=O)c1nccc(CC)c1C=NC. The van der Waals surface area contributed by atoms with Gasteiger partial charge >= 0.3 is 0 Å². The molecule has 0 aliphatic carbocycles. The van der Waals surface area contributed by atoms with E-state index in [-0.39, 0.29) is 5.78 Å². The smallest absolute Gasteiger partial charge is 0.181 e. The molecule has 80 valence electrons. The van der Waals surface area contributed by atoms with Gasteiger partial charge in [-0.1, -0.05) is 13.8 Å².